The van der Waals surface area contributed by atoms with Gasteiger partial charge in [0.1, 0.15) is 22.5 Å². The number of carbonyl (C=O) groups excluding carboxylic acids is 2. The average Bonchev–Trinajstić information content (AvgIpc) is 3.11. The van der Waals surface area contributed by atoms with Crippen molar-refractivity contribution >= 4 is 22.9 Å². The first-order valence-electron chi connectivity index (χ1n) is 9.05. The number of aryl methyl sites for hydroxylation is 1. The van der Waals surface area contributed by atoms with Crippen LogP contribution in [0.15, 0.2) is 36.4 Å². The van der Waals surface area contributed by atoms with E-state index in [4.69, 9.17) is 4.74 Å². The van der Waals surface area contributed by atoms with E-state index >= 15 is 0 Å². The molecule has 0 aliphatic heterocycles. The zero-order valence-corrected chi connectivity index (χ0v) is 15.8. The number of aromatic nitrogens is 3. The summed E-state index contributed by atoms with van der Waals surface area (Å²) in [5, 5.41) is 22.2. The van der Waals surface area contributed by atoms with E-state index in [-0.39, 0.29) is 37.6 Å². The van der Waals surface area contributed by atoms with E-state index in [1.54, 1.807) is 19.1 Å². The van der Waals surface area contributed by atoms with E-state index in [0.29, 0.717) is 11.3 Å². The molecule has 0 spiro atoms. The molecule has 0 atom stereocenters. The number of rotatable bonds is 7. The number of hydrogen-bond donors (Lipinski definition) is 2. The highest BCUT2D eigenvalue weighted by Gasteiger charge is 2.15. The molecule has 0 aliphatic rings. The van der Waals surface area contributed by atoms with Crippen LogP contribution in [-0.2, 0) is 20.9 Å². The lowest BCUT2D eigenvalue weighted by Crippen LogP contribution is -2.24. The summed E-state index contributed by atoms with van der Waals surface area (Å²) in [5.74, 6) is -0.703. The molecule has 0 saturated heterocycles. The van der Waals surface area contributed by atoms with Gasteiger partial charge in [-0.2, -0.15) is 0 Å². The normalized spacial score (nSPS) is 10.8. The molecule has 2 aromatic carbocycles. The Hall–Kier alpha value is -3.42. The molecule has 0 unspecified atom stereocenters. The van der Waals surface area contributed by atoms with Crippen molar-refractivity contribution in [2.75, 3.05) is 6.61 Å². The van der Waals surface area contributed by atoms with Crippen LogP contribution in [0.5, 0.6) is 5.75 Å². The number of hydrogen-bond acceptors (Lipinski definition) is 6. The number of carbonyl (C=O) groups is 2. The summed E-state index contributed by atoms with van der Waals surface area (Å²) >= 11 is 0. The number of aromatic hydroxyl groups is 1. The zero-order chi connectivity index (χ0) is 20.1. The van der Waals surface area contributed by atoms with Crippen LogP contribution in [0.25, 0.3) is 16.7 Å². The maximum Gasteiger partial charge on any atom is 0.306 e. The Bertz CT molecular complexity index is 980. The minimum absolute atomic E-state index is 0.00315. The first kappa shape index (κ1) is 19.3. The first-order valence-corrected chi connectivity index (χ1v) is 9.05. The Balaban J connectivity index is 1.74. The molecule has 3 aromatic rings. The summed E-state index contributed by atoms with van der Waals surface area (Å²) in [7, 11) is 0. The van der Waals surface area contributed by atoms with Crippen molar-refractivity contribution in [1.29, 1.82) is 0 Å². The second-order valence-corrected chi connectivity index (χ2v) is 6.35. The molecule has 0 bridgehead atoms. The Labute approximate surface area is 162 Å². The molecule has 8 nitrogen and oxygen atoms in total. The molecule has 28 heavy (non-hydrogen) atoms. The third-order valence-electron chi connectivity index (χ3n) is 4.15. The lowest BCUT2D eigenvalue weighted by Gasteiger charge is -2.12. The summed E-state index contributed by atoms with van der Waals surface area (Å²) in [5.41, 5.74) is 3.31. The minimum Gasteiger partial charge on any atom is -0.505 e. The molecule has 0 fully saturated rings. The van der Waals surface area contributed by atoms with Gasteiger partial charge in [0, 0.05) is 18.5 Å². The fourth-order valence-corrected chi connectivity index (χ4v) is 2.82. The molecule has 0 aliphatic carbocycles. The lowest BCUT2D eigenvalue weighted by molar-refractivity contribution is -0.144. The molecule has 1 heterocycles. The van der Waals surface area contributed by atoms with Gasteiger partial charge in [0.25, 0.3) is 0 Å². The van der Waals surface area contributed by atoms with Crippen LogP contribution in [-0.4, -0.2) is 38.6 Å². The summed E-state index contributed by atoms with van der Waals surface area (Å²) < 4.78 is 4.80. The molecule has 1 aromatic heterocycles. The Morgan fingerprint density at radius 3 is 2.46 bits per heavy atom. The van der Waals surface area contributed by atoms with Crippen LogP contribution in [0.3, 0.4) is 0 Å². The number of nitrogens with zero attached hydrogens (tertiary/aromatic N) is 3. The summed E-state index contributed by atoms with van der Waals surface area (Å²) in [4.78, 5) is 24.7. The van der Waals surface area contributed by atoms with Crippen molar-refractivity contribution in [2.45, 2.75) is 33.2 Å². The van der Waals surface area contributed by atoms with E-state index in [9.17, 15) is 14.7 Å². The van der Waals surface area contributed by atoms with Gasteiger partial charge in [-0.05, 0) is 37.6 Å². The molecule has 146 valence electrons. The highest BCUT2D eigenvalue weighted by molar-refractivity contribution is 5.81. The predicted octanol–water partition coefficient (Wildman–Crippen LogP) is 2.39. The van der Waals surface area contributed by atoms with E-state index in [2.05, 4.69) is 15.5 Å². The van der Waals surface area contributed by atoms with Gasteiger partial charge in [0.15, 0.2) is 0 Å². The van der Waals surface area contributed by atoms with E-state index < -0.39 is 5.97 Å². The van der Waals surface area contributed by atoms with E-state index in [1.165, 1.54) is 4.80 Å². The van der Waals surface area contributed by atoms with E-state index in [1.807, 2.05) is 31.2 Å². The number of esters is 1. The summed E-state index contributed by atoms with van der Waals surface area (Å²) in [6.45, 7) is 4.02. The van der Waals surface area contributed by atoms with Gasteiger partial charge in [0.2, 0.25) is 5.91 Å². The smallest absolute Gasteiger partial charge is 0.306 e. The second-order valence-electron chi connectivity index (χ2n) is 6.35. The fraction of sp³-hybridized carbons (Fsp3) is 0.300. The fourth-order valence-electron chi connectivity index (χ4n) is 2.82. The van der Waals surface area contributed by atoms with Crippen molar-refractivity contribution in [3.63, 3.8) is 0 Å². The van der Waals surface area contributed by atoms with Crippen LogP contribution in [0.2, 0.25) is 0 Å². The maximum atomic E-state index is 12.0. The quantitative estimate of drug-likeness (QED) is 0.608. The standard InChI is InChI=1S/C20H22N4O4/c1-3-28-19(26)9-8-18(25)21-12-14-10-13(2)11-17(20(14)27)24-22-15-6-4-5-7-16(15)23-24/h4-7,10-11,27H,3,8-9,12H2,1-2H3,(H,21,25). The SMILES string of the molecule is CCOC(=O)CCC(=O)NCc1cc(C)cc(-n2nc3ccccc3n2)c1O. The highest BCUT2D eigenvalue weighted by atomic mass is 16.5. The van der Waals surface area contributed by atoms with E-state index in [0.717, 1.165) is 16.6 Å². The molecule has 2 N–H and O–H groups in total. The van der Waals surface area contributed by atoms with Crippen molar-refractivity contribution in [2.24, 2.45) is 0 Å². The van der Waals surface area contributed by atoms with Crippen molar-refractivity contribution in [3.05, 3.63) is 47.5 Å². The third kappa shape index (κ3) is 4.46. The third-order valence-corrected chi connectivity index (χ3v) is 4.15. The van der Waals surface area contributed by atoms with Gasteiger partial charge in [-0.3, -0.25) is 9.59 Å². The topological polar surface area (TPSA) is 106 Å². The number of nitrogens with one attached hydrogen (secondary N) is 1. The van der Waals surface area contributed by atoms with Crippen LogP contribution in [0, 0.1) is 6.92 Å². The summed E-state index contributed by atoms with van der Waals surface area (Å²) in [6.07, 6.45) is 0.0545. The highest BCUT2D eigenvalue weighted by Crippen LogP contribution is 2.28. The van der Waals surface area contributed by atoms with Crippen LogP contribution in [0.1, 0.15) is 30.9 Å². The van der Waals surface area contributed by atoms with Gasteiger partial charge in [0.05, 0.1) is 13.0 Å². The van der Waals surface area contributed by atoms with Gasteiger partial charge in [-0.1, -0.05) is 18.2 Å². The van der Waals surface area contributed by atoms with Gasteiger partial charge in [-0.15, -0.1) is 15.0 Å². The first-order chi connectivity index (χ1) is 13.5. The van der Waals surface area contributed by atoms with Crippen molar-refractivity contribution in [1.82, 2.24) is 20.3 Å². The van der Waals surface area contributed by atoms with Gasteiger partial charge < -0.3 is 15.2 Å². The minimum atomic E-state index is -0.407. The zero-order valence-electron chi connectivity index (χ0n) is 15.8. The predicted molar refractivity (Wildman–Crippen MR) is 103 cm³/mol. The lowest BCUT2D eigenvalue weighted by atomic mass is 10.1. The number of phenols is 1. The number of fused-ring (bicyclic) bond motifs is 1. The Morgan fingerprint density at radius 2 is 1.82 bits per heavy atom. The molecular formula is C20H22N4O4. The molecule has 0 radical (unpaired) electrons. The van der Waals surface area contributed by atoms with Crippen LogP contribution >= 0.6 is 0 Å². The number of benzene rings is 2. The number of phenolic OH excluding ortho intramolecular Hbond substituents is 1. The molecule has 8 heteroatoms. The average molecular weight is 382 g/mol. The molecule has 1 amide bonds. The second kappa shape index (κ2) is 8.51. The monoisotopic (exact) mass is 382 g/mol. The van der Waals surface area contributed by atoms with Crippen molar-refractivity contribution in [3.8, 4) is 11.4 Å². The van der Waals surface area contributed by atoms with Crippen molar-refractivity contribution < 1.29 is 19.4 Å². The number of ether oxygens (including phenoxy) is 1. The molecular weight excluding hydrogens is 360 g/mol. The van der Waals surface area contributed by atoms with Crippen LogP contribution in [0.4, 0.5) is 0 Å². The number of amides is 1. The van der Waals surface area contributed by atoms with Gasteiger partial charge >= 0.3 is 5.97 Å². The Kier molecular flexibility index (Phi) is 5.88. The Morgan fingerprint density at radius 1 is 1.14 bits per heavy atom. The molecule has 3 rings (SSSR count). The maximum absolute atomic E-state index is 12.0. The largest absolute Gasteiger partial charge is 0.505 e. The van der Waals surface area contributed by atoms with Gasteiger partial charge in [-0.25, -0.2) is 0 Å². The summed E-state index contributed by atoms with van der Waals surface area (Å²) in [6, 6.07) is 11.0. The van der Waals surface area contributed by atoms with Crippen LogP contribution < -0.4 is 5.32 Å². The molecule has 0 saturated carbocycles.